The molecule has 0 aliphatic carbocycles. The van der Waals surface area contributed by atoms with Gasteiger partial charge >= 0.3 is 11.2 Å². The summed E-state index contributed by atoms with van der Waals surface area (Å²) >= 11 is 0. The zero-order valence-electron chi connectivity index (χ0n) is 7.01. The molecule has 8 heteroatoms. The van der Waals surface area contributed by atoms with E-state index in [9.17, 15) is 25.0 Å². The molecule has 0 spiro atoms. The maximum Gasteiger partial charge on any atom is 0.340 e. The zero-order valence-corrected chi connectivity index (χ0v) is 7.01. The normalized spacial score (nSPS) is 9.79. The van der Waals surface area contributed by atoms with Crippen LogP contribution in [0, 0.1) is 27.2 Å². The average molecular weight is 199 g/mol. The first kappa shape index (κ1) is 9.84. The highest BCUT2D eigenvalue weighted by Crippen LogP contribution is 2.17. The summed E-state index contributed by atoms with van der Waals surface area (Å²) in [6.07, 6.45) is 0. The molecule has 0 aliphatic rings. The minimum atomic E-state index is -0.967. The van der Waals surface area contributed by atoms with Crippen molar-refractivity contribution >= 4 is 11.4 Å². The molecule has 0 amide bonds. The highest BCUT2D eigenvalue weighted by Gasteiger charge is 2.21. The summed E-state index contributed by atoms with van der Waals surface area (Å²) < 4.78 is 0. The molecule has 1 aromatic heterocycles. The molecule has 74 valence electrons. The first-order chi connectivity index (χ1) is 6.43. The van der Waals surface area contributed by atoms with Gasteiger partial charge < -0.3 is 4.98 Å². The summed E-state index contributed by atoms with van der Waals surface area (Å²) in [6.45, 7) is 1.29. The Labute approximate surface area is 76.5 Å². The number of hydrogen-bond acceptors (Lipinski definition) is 5. The van der Waals surface area contributed by atoms with Crippen molar-refractivity contribution in [2.45, 2.75) is 6.92 Å². The van der Waals surface area contributed by atoms with Crippen LogP contribution in [0.25, 0.3) is 0 Å². The number of H-pyrrole nitrogens is 1. The molecule has 0 fully saturated rings. The van der Waals surface area contributed by atoms with Crippen molar-refractivity contribution in [1.29, 1.82) is 0 Å². The number of aryl methyl sites for hydroxylation is 1. The SMILES string of the molecule is Cc1[nH]c(=O)c([N+](=O)[O-])cc1[N+](=O)[O-]. The van der Waals surface area contributed by atoms with Crippen LogP contribution < -0.4 is 5.56 Å². The molecule has 0 aliphatic heterocycles. The third-order valence-electron chi connectivity index (χ3n) is 1.58. The molecule has 0 atom stereocenters. The molecule has 8 nitrogen and oxygen atoms in total. The fraction of sp³-hybridized carbons (Fsp3) is 0.167. The van der Waals surface area contributed by atoms with E-state index in [0.717, 1.165) is 0 Å². The largest absolute Gasteiger partial charge is 0.340 e. The number of nitro groups is 2. The third kappa shape index (κ3) is 1.58. The van der Waals surface area contributed by atoms with Crippen molar-refractivity contribution in [2.24, 2.45) is 0 Å². The Kier molecular flexibility index (Phi) is 2.28. The number of pyridine rings is 1. The van der Waals surface area contributed by atoms with Gasteiger partial charge in [0.2, 0.25) is 0 Å². The van der Waals surface area contributed by atoms with Crippen LogP contribution in [0.1, 0.15) is 5.69 Å². The first-order valence-corrected chi connectivity index (χ1v) is 3.46. The van der Waals surface area contributed by atoms with Gasteiger partial charge in [-0.1, -0.05) is 0 Å². The van der Waals surface area contributed by atoms with Gasteiger partial charge in [-0.05, 0) is 6.92 Å². The maximum atomic E-state index is 10.9. The van der Waals surface area contributed by atoms with Gasteiger partial charge in [-0.15, -0.1) is 0 Å². The average Bonchev–Trinajstić information content (AvgIpc) is 2.02. The molecular weight excluding hydrogens is 194 g/mol. The second-order valence-corrected chi connectivity index (χ2v) is 2.51. The molecule has 1 heterocycles. The minimum Gasteiger partial charge on any atom is -0.314 e. The lowest BCUT2D eigenvalue weighted by Gasteiger charge is -1.95. The van der Waals surface area contributed by atoms with Crippen molar-refractivity contribution in [3.05, 3.63) is 42.3 Å². The van der Waals surface area contributed by atoms with Crippen LogP contribution in [0.2, 0.25) is 0 Å². The van der Waals surface area contributed by atoms with Gasteiger partial charge in [0, 0.05) is 0 Å². The van der Waals surface area contributed by atoms with E-state index in [1.54, 1.807) is 0 Å². The van der Waals surface area contributed by atoms with E-state index >= 15 is 0 Å². The lowest BCUT2D eigenvalue weighted by molar-refractivity contribution is -0.395. The number of aromatic amines is 1. The van der Waals surface area contributed by atoms with Crippen LogP contribution in [0.5, 0.6) is 0 Å². The summed E-state index contributed by atoms with van der Waals surface area (Å²) in [4.78, 5) is 31.8. The van der Waals surface area contributed by atoms with Gasteiger partial charge in [0.15, 0.2) is 0 Å². The number of aromatic nitrogens is 1. The summed E-state index contributed by atoms with van der Waals surface area (Å²) in [5.74, 6) is 0. The molecule has 0 bridgehead atoms. The Bertz CT molecular complexity index is 463. The number of nitrogens with zero attached hydrogens (tertiary/aromatic N) is 2. The van der Waals surface area contributed by atoms with E-state index in [1.807, 2.05) is 4.98 Å². The van der Waals surface area contributed by atoms with Gasteiger partial charge in [-0.25, -0.2) is 0 Å². The summed E-state index contributed by atoms with van der Waals surface area (Å²) in [6, 6.07) is 0.647. The van der Waals surface area contributed by atoms with Crippen LogP contribution >= 0.6 is 0 Å². The number of rotatable bonds is 2. The monoisotopic (exact) mass is 199 g/mol. The minimum absolute atomic E-state index is 0.00870. The maximum absolute atomic E-state index is 10.9. The van der Waals surface area contributed by atoms with E-state index in [4.69, 9.17) is 0 Å². The van der Waals surface area contributed by atoms with E-state index in [2.05, 4.69) is 0 Å². The highest BCUT2D eigenvalue weighted by atomic mass is 16.6. The highest BCUT2D eigenvalue weighted by molar-refractivity contribution is 5.43. The standard InChI is InChI=1S/C6H5N3O5/c1-3-4(8(11)12)2-5(9(13)14)6(10)7-3/h2H,1H3,(H,7,10). The van der Waals surface area contributed by atoms with Crippen LogP contribution in [0.15, 0.2) is 10.9 Å². The van der Waals surface area contributed by atoms with E-state index in [-0.39, 0.29) is 5.69 Å². The van der Waals surface area contributed by atoms with Gasteiger partial charge in [-0.2, -0.15) is 0 Å². The van der Waals surface area contributed by atoms with Gasteiger partial charge in [0.05, 0.1) is 15.5 Å². The molecule has 0 aromatic carbocycles. The summed E-state index contributed by atoms with van der Waals surface area (Å²) in [5, 5.41) is 20.6. The Balaban J connectivity index is 3.50. The van der Waals surface area contributed by atoms with Gasteiger partial charge in [0.25, 0.3) is 5.69 Å². The van der Waals surface area contributed by atoms with E-state index in [0.29, 0.717) is 6.07 Å². The number of hydrogen-bond donors (Lipinski definition) is 1. The van der Waals surface area contributed by atoms with Crippen molar-refractivity contribution in [3.8, 4) is 0 Å². The Hall–Kier alpha value is -2.25. The molecule has 1 aromatic rings. The molecule has 0 radical (unpaired) electrons. The molecule has 0 saturated carbocycles. The van der Waals surface area contributed by atoms with Gasteiger partial charge in [0.1, 0.15) is 6.07 Å². The van der Waals surface area contributed by atoms with Crippen molar-refractivity contribution < 1.29 is 9.85 Å². The van der Waals surface area contributed by atoms with Crippen LogP contribution in [-0.4, -0.2) is 14.8 Å². The van der Waals surface area contributed by atoms with Crippen molar-refractivity contribution in [3.63, 3.8) is 0 Å². The lowest BCUT2D eigenvalue weighted by Crippen LogP contribution is -2.13. The van der Waals surface area contributed by atoms with Crippen LogP contribution in [-0.2, 0) is 0 Å². The summed E-state index contributed by atoms with van der Waals surface area (Å²) in [7, 11) is 0. The predicted octanol–water partition coefficient (Wildman–Crippen LogP) is 0.500. The fourth-order valence-electron chi connectivity index (χ4n) is 0.927. The molecule has 0 saturated heterocycles. The topological polar surface area (TPSA) is 119 Å². The molecular formula is C6H5N3O5. The molecule has 1 N–H and O–H groups in total. The molecule has 0 unspecified atom stereocenters. The smallest absolute Gasteiger partial charge is 0.314 e. The Morgan fingerprint density at radius 3 is 2.14 bits per heavy atom. The van der Waals surface area contributed by atoms with E-state index < -0.39 is 26.8 Å². The quantitative estimate of drug-likeness (QED) is 0.549. The third-order valence-corrected chi connectivity index (χ3v) is 1.58. The fourth-order valence-corrected chi connectivity index (χ4v) is 0.927. The van der Waals surface area contributed by atoms with Crippen LogP contribution in [0.3, 0.4) is 0 Å². The second-order valence-electron chi connectivity index (χ2n) is 2.51. The predicted molar refractivity (Wildman–Crippen MR) is 45.1 cm³/mol. The van der Waals surface area contributed by atoms with E-state index in [1.165, 1.54) is 6.92 Å². The van der Waals surface area contributed by atoms with Gasteiger partial charge in [-0.3, -0.25) is 25.0 Å². The Morgan fingerprint density at radius 1 is 1.21 bits per heavy atom. The molecule has 1 rings (SSSR count). The zero-order chi connectivity index (χ0) is 10.9. The lowest BCUT2D eigenvalue weighted by atomic mass is 10.3. The number of nitrogens with one attached hydrogen (secondary N) is 1. The van der Waals surface area contributed by atoms with Crippen molar-refractivity contribution in [2.75, 3.05) is 0 Å². The van der Waals surface area contributed by atoms with Crippen molar-refractivity contribution in [1.82, 2.24) is 4.98 Å². The van der Waals surface area contributed by atoms with Crippen LogP contribution in [0.4, 0.5) is 11.4 Å². The second kappa shape index (κ2) is 3.24. The Morgan fingerprint density at radius 2 is 1.71 bits per heavy atom. The molecule has 14 heavy (non-hydrogen) atoms. The summed E-state index contributed by atoms with van der Waals surface area (Å²) in [5.41, 5.74) is -2.26. The first-order valence-electron chi connectivity index (χ1n) is 3.46.